The Morgan fingerprint density at radius 1 is 0.875 bits per heavy atom. The molecule has 0 aliphatic carbocycles. The fourth-order valence-corrected chi connectivity index (χ4v) is 4.68. The number of carbonyl (C=O) groups is 2. The fraction of sp³-hybridized carbons (Fsp3) is 0.0435. The van der Waals surface area contributed by atoms with Crippen LogP contribution in [0.25, 0.3) is 22.0 Å². The lowest BCUT2D eigenvalue weighted by Gasteiger charge is -2.03. The van der Waals surface area contributed by atoms with Gasteiger partial charge in [-0.2, -0.15) is 0 Å². The van der Waals surface area contributed by atoms with Gasteiger partial charge in [-0.15, -0.1) is 22.7 Å². The third kappa shape index (κ3) is 4.29. The molecule has 2 N–H and O–H groups in total. The molecular formula is C23H16N4O3S2. The molecule has 2 amide bonds. The highest BCUT2D eigenvalue weighted by atomic mass is 32.1. The summed E-state index contributed by atoms with van der Waals surface area (Å²) in [5.74, 6) is -0.410. The third-order valence-corrected chi connectivity index (χ3v) is 6.24. The molecule has 0 bridgehead atoms. The van der Waals surface area contributed by atoms with Gasteiger partial charge in [0.25, 0.3) is 5.91 Å². The van der Waals surface area contributed by atoms with Crippen molar-refractivity contribution in [2.24, 2.45) is 0 Å². The molecule has 32 heavy (non-hydrogen) atoms. The van der Waals surface area contributed by atoms with E-state index >= 15 is 0 Å². The number of aromatic nitrogens is 2. The molecular weight excluding hydrogens is 444 g/mol. The lowest BCUT2D eigenvalue weighted by molar-refractivity contribution is -0.115. The van der Waals surface area contributed by atoms with Gasteiger partial charge in [0.1, 0.15) is 0 Å². The van der Waals surface area contributed by atoms with Crippen LogP contribution < -0.4 is 10.6 Å². The van der Waals surface area contributed by atoms with Crippen LogP contribution in [0.5, 0.6) is 0 Å². The van der Waals surface area contributed by atoms with Gasteiger partial charge in [-0.05, 0) is 22.9 Å². The molecule has 5 aromatic rings. The molecule has 0 spiro atoms. The van der Waals surface area contributed by atoms with Gasteiger partial charge in [-0.1, -0.05) is 42.5 Å². The van der Waals surface area contributed by atoms with Crippen LogP contribution in [0.4, 0.5) is 10.3 Å². The molecule has 158 valence electrons. The number of fused-ring (bicyclic) bond motifs is 1. The number of hydrogen-bond acceptors (Lipinski definition) is 7. The number of nitrogens with zero attached hydrogens (tertiary/aromatic N) is 2. The molecule has 2 aromatic carbocycles. The molecule has 7 nitrogen and oxygen atoms in total. The second kappa shape index (κ2) is 8.74. The number of anilines is 2. The van der Waals surface area contributed by atoms with Crippen LogP contribution in [0.2, 0.25) is 0 Å². The Bertz CT molecular complexity index is 1400. The Balaban J connectivity index is 1.23. The van der Waals surface area contributed by atoms with Gasteiger partial charge in [0.2, 0.25) is 5.91 Å². The van der Waals surface area contributed by atoms with Crippen molar-refractivity contribution in [2.75, 3.05) is 10.6 Å². The molecule has 0 fully saturated rings. The van der Waals surface area contributed by atoms with E-state index in [0.29, 0.717) is 16.0 Å². The van der Waals surface area contributed by atoms with Gasteiger partial charge in [-0.3, -0.25) is 14.9 Å². The number of nitrogens with one attached hydrogen (secondary N) is 2. The molecule has 3 heterocycles. The van der Waals surface area contributed by atoms with Gasteiger partial charge >= 0.3 is 0 Å². The van der Waals surface area contributed by atoms with Crippen LogP contribution in [0, 0.1) is 0 Å². The standard InChI is InChI=1S/C23H16N4O3S2/c28-20(11-15-12-31-22(24-15)27-21(29)19-9-4-10-30-19)26-23-25-18(13-32-23)17-8-3-6-14-5-1-2-7-16(14)17/h1-10,12-13H,11H2,(H,24,27,29)(H,25,26,28). The van der Waals surface area contributed by atoms with Crippen molar-refractivity contribution < 1.29 is 14.0 Å². The molecule has 0 atom stereocenters. The molecule has 0 saturated heterocycles. The minimum Gasteiger partial charge on any atom is -0.459 e. The minimum atomic E-state index is -0.385. The zero-order valence-corrected chi connectivity index (χ0v) is 18.2. The highest BCUT2D eigenvalue weighted by Crippen LogP contribution is 2.31. The van der Waals surface area contributed by atoms with Crippen LogP contribution in [0.1, 0.15) is 16.2 Å². The second-order valence-electron chi connectivity index (χ2n) is 6.86. The smallest absolute Gasteiger partial charge is 0.293 e. The summed E-state index contributed by atoms with van der Waals surface area (Å²) in [6, 6.07) is 17.4. The zero-order valence-electron chi connectivity index (χ0n) is 16.6. The summed E-state index contributed by atoms with van der Waals surface area (Å²) in [6.07, 6.45) is 1.51. The molecule has 5 rings (SSSR count). The average molecular weight is 461 g/mol. The van der Waals surface area contributed by atoms with E-state index in [1.165, 1.54) is 28.9 Å². The lowest BCUT2D eigenvalue weighted by atomic mass is 10.0. The molecule has 0 radical (unpaired) electrons. The maximum atomic E-state index is 12.5. The Morgan fingerprint density at radius 2 is 1.69 bits per heavy atom. The first-order valence-electron chi connectivity index (χ1n) is 9.68. The molecule has 0 unspecified atom stereocenters. The summed E-state index contributed by atoms with van der Waals surface area (Å²) < 4.78 is 5.06. The quantitative estimate of drug-likeness (QED) is 0.351. The Labute approximate surface area is 190 Å². The molecule has 0 saturated carbocycles. The number of furan rings is 1. The van der Waals surface area contributed by atoms with E-state index in [4.69, 9.17) is 4.42 Å². The van der Waals surface area contributed by atoms with Crippen LogP contribution in [0.3, 0.4) is 0 Å². The summed E-state index contributed by atoms with van der Waals surface area (Å²) >= 11 is 2.62. The van der Waals surface area contributed by atoms with Crippen molar-refractivity contribution in [1.82, 2.24) is 9.97 Å². The maximum absolute atomic E-state index is 12.5. The van der Waals surface area contributed by atoms with Crippen molar-refractivity contribution >= 4 is 55.5 Å². The van der Waals surface area contributed by atoms with Crippen LogP contribution in [0.15, 0.2) is 76.0 Å². The molecule has 9 heteroatoms. The maximum Gasteiger partial charge on any atom is 0.293 e. The number of benzene rings is 2. The molecule has 0 aliphatic rings. The van der Waals surface area contributed by atoms with Crippen LogP contribution >= 0.6 is 22.7 Å². The summed E-state index contributed by atoms with van der Waals surface area (Å²) in [7, 11) is 0. The van der Waals surface area contributed by atoms with Gasteiger partial charge in [-0.25, -0.2) is 9.97 Å². The van der Waals surface area contributed by atoms with E-state index in [9.17, 15) is 9.59 Å². The van der Waals surface area contributed by atoms with E-state index in [1.807, 2.05) is 29.6 Å². The zero-order chi connectivity index (χ0) is 21.9. The number of carbonyl (C=O) groups excluding carboxylic acids is 2. The summed E-state index contributed by atoms with van der Waals surface area (Å²) in [5, 5.41) is 12.3. The van der Waals surface area contributed by atoms with Gasteiger partial charge < -0.3 is 9.73 Å². The molecule has 0 aliphatic heterocycles. The predicted molar refractivity (Wildman–Crippen MR) is 126 cm³/mol. The normalized spacial score (nSPS) is 10.9. The number of thiazole rings is 2. The number of rotatable bonds is 6. The van der Waals surface area contributed by atoms with E-state index in [0.717, 1.165) is 22.0 Å². The Kier molecular flexibility index (Phi) is 5.49. The Hall–Kier alpha value is -3.82. The second-order valence-corrected chi connectivity index (χ2v) is 8.58. The number of hydrogen-bond donors (Lipinski definition) is 2. The van der Waals surface area contributed by atoms with Crippen molar-refractivity contribution in [3.8, 4) is 11.3 Å². The predicted octanol–water partition coefficient (Wildman–Crippen LogP) is 5.45. The number of amides is 2. The van der Waals surface area contributed by atoms with E-state index in [1.54, 1.807) is 17.5 Å². The fourth-order valence-electron chi connectivity index (χ4n) is 3.24. The van der Waals surface area contributed by atoms with Crippen molar-refractivity contribution in [1.29, 1.82) is 0 Å². The Morgan fingerprint density at radius 3 is 2.56 bits per heavy atom. The summed E-state index contributed by atoms with van der Waals surface area (Å²) in [4.78, 5) is 33.4. The third-order valence-electron chi connectivity index (χ3n) is 4.67. The van der Waals surface area contributed by atoms with Crippen molar-refractivity contribution in [2.45, 2.75) is 6.42 Å². The highest BCUT2D eigenvalue weighted by Gasteiger charge is 2.14. The first kappa shape index (κ1) is 20.1. The van der Waals surface area contributed by atoms with Crippen LogP contribution in [-0.2, 0) is 11.2 Å². The van der Waals surface area contributed by atoms with Crippen LogP contribution in [-0.4, -0.2) is 21.8 Å². The van der Waals surface area contributed by atoms with E-state index < -0.39 is 0 Å². The van der Waals surface area contributed by atoms with Gasteiger partial charge in [0.05, 0.1) is 24.1 Å². The van der Waals surface area contributed by atoms with E-state index in [2.05, 4.69) is 38.8 Å². The largest absolute Gasteiger partial charge is 0.459 e. The minimum absolute atomic E-state index is 0.0797. The van der Waals surface area contributed by atoms with Crippen molar-refractivity contribution in [3.05, 3.63) is 83.1 Å². The van der Waals surface area contributed by atoms with Gasteiger partial charge in [0.15, 0.2) is 16.0 Å². The average Bonchev–Trinajstić information content (AvgIpc) is 3.56. The summed E-state index contributed by atoms with van der Waals surface area (Å²) in [5.41, 5.74) is 2.41. The highest BCUT2D eigenvalue weighted by molar-refractivity contribution is 7.14. The first-order chi connectivity index (χ1) is 15.7. The molecule has 3 aromatic heterocycles. The van der Waals surface area contributed by atoms with E-state index in [-0.39, 0.29) is 24.0 Å². The SMILES string of the molecule is O=C(Cc1csc(NC(=O)c2ccco2)n1)Nc1nc(-c2cccc3ccccc23)cs1. The lowest BCUT2D eigenvalue weighted by Crippen LogP contribution is -2.15. The van der Waals surface area contributed by atoms with Gasteiger partial charge in [0, 0.05) is 16.3 Å². The summed E-state index contributed by atoms with van der Waals surface area (Å²) in [6.45, 7) is 0. The van der Waals surface area contributed by atoms with Crippen molar-refractivity contribution in [3.63, 3.8) is 0 Å². The first-order valence-corrected chi connectivity index (χ1v) is 11.4. The monoisotopic (exact) mass is 460 g/mol. The topological polar surface area (TPSA) is 97.1 Å².